The van der Waals surface area contributed by atoms with E-state index in [4.69, 9.17) is 9.52 Å². The number of hydrogen-bond acceptors (Lipinski definition) is 5. The molecule has 1 heterocycles. The minimum atomic E-state index is -3.80. The van der Waals surface area contributed by atoms with Crippen molar-refractivity contribution in [2.75, 3.05) is 4.72 Å². The Kier molecular flexibility index (Phi) is 4.05. The zero-order valence-corrected chi connectivity index (χ0v) is 13.0. The van der Waals surface area contributed by atoms with Crippen LogP contribution in [-0.4, -0.2) is 24.5 Å². The summed E-state index contributed by atoms with van der Waals surface area (Å²) in [4.78, 5) is 14.6. The highest BCUT2D eigenvalue weighted by Crippen LogP contribution is 2.22. The van der Waals surface area contributed by atoms with Gasteiger partial charge in [-0.1, -0.05) is 0 Å². The summed E-state index contributed by atoms with van der Waals surface area (Å²) in [6.45, 7) is 0. The summed E-state index contributed by atoms with van der Waals surface area (Å²) < 4.78 is 32.2. The van der Waals surface area contributed by atoms with Gasteiger partial charge in [-0.15, -0.1) is 0 Å². The van der Waals surface area contributed by atoms with Crippen molar-refractivity contribution < 1.29 is 22.7 Å². The van der Waals surface area contributed by atoms with Crippen LogP contribution in [0.3, 0.4) is 0 Å². The molecule has 0 spiro atoms. The molecule has 0 aliphatic rings. The van der Waals surface area contributed by atoms with Crippen LogP contribution in [0.4, 0.5) is 5.69 Å². The van der Waals surface area contributed by atoms with Crippen molar-refractivity contribution in [1.29, 1.82) is 0 Å². The third-order valence-electron chi connectivity index (χ3n) is 3.27. The predicted octanol–water partition coefficient (Wildman–Crippen LogP) is 2.84. The average molecular weight is 344 g/mol. The highest BCUT2D eigenvalue weighted by molar-refractivity contribution is 7.92. The summed E-state index contributed by atoms with van der Waals surface area (Å²) in [5, 5.41) is 8.84. The van der Waals surface area contributed by atoms with Crippen molar-refractivity contribution in [2.45, 2.75) is 4.90 Å². The van der Waals surface area contributed by atoms with Crippen LogP contribution in [0.5, 0.6) is 0 Å². The molecule has 0 fully saturated rings. The third kappa shape index (κ3) is 3.28. The van der Waals surface area contributed by atoms with Crippen molar-refractivity contribution in [3.05, 3.63) is 66.7 Å². The van der Waals surface area contributed by atoms with Gasteiger partial charge in [-0.25, -0.2) is 18.2 Å². The Morgan fingerprint density at radius 2 is 1.71 bits per heavy atom. The van der Waals surface area contributed by atoms with Gasteiger partial charge in [0, 0.05) is 11.3 Å². The lowest BCUT2D eigenvalue weighted by atomic mass is 10.2. The van der Waals surface area contributed by atoms with Gasteiger partial charge in [0.25, 0.3) is 10.0 Å². The number of carbonyl (C=O) groups is 1. The number of nitrogens with one attached hydrogen (secondary N) is 1. The zero-order valence-electron chi connectivity index (χ0n) is 12.2. The Morgan fingerprint density at radius 3 is 2.25 bits per heavy atom. The largest absolute Gasteiger partial charge is 0.478 e. The van der Waals surface area contributed by atoms with Crippen molar-refractivity contribution in [3.63, 3.8) is 0 Å². The number of sulfonamides is 1. The second kappa shape index (κ2) is 6.17. The molecule has 0 atom stereocenters. The molecule has 3 rings (SSSR count). The monoisotopic (exact) mass is 344 g/mol. The summed E-state index contributed by atoms with van der Waals surface area (Å²) in [5.74, 6) is -0.538. The predicted molar refractivity (Wildman–Crippen MR) is 86.1 cm³/mol. The maximum Gasteiger partial charge on any atom is 0.335 e. The molecule has 0 amide bonds. The lowest BCUT2D eigenvalue weighted by Gasteiger charge is -2.08. The summed E-state index contributed by atoms with van der Waals surface area (Å²) >= 11 is 0. The summed E-state index contributed by atoms with van der Waals surface area (Å²) in [6.07, 6.45) is 2.87. The van der Waals surface area contributed by atoms with Gasteiger partial charge in [-0.3, -0.25) is 4.72 Å². The molecule has 2 aromatic carbocycles. The fourth-order valence-corrected chi connectivity index (χ4v) is 3.11. The van der Waals surface area contributed by atoms with Crippen LogP contribution in [0.25, 0.3) is 11.3 Å². The molecule has 122 valence electrons. The van der Waals surface area contributed by atoms with Gasteiger partial charge < -0.3 is 9.52 Å². The topological polar surface area (TPSA) is 110 Å². The Balaban J connectivity index is 1.80. The maximum absolute atomic E-state index is 12.3. The molecule has 3 aromatic rings. The summed E-state index contributed by atoms with van der Waals surface area (Å²) in [5.41, 5.74) is 1.16. The van der Waals surface area contributed by atoms with Gasteiger partial charge in [-0.2, -0.15) is 0 Å². The number of aromatic nitrogens is 1. The van der Waals surface area contributed by atoms with E-state index < -0.39 is 16.0 Å². The number of carboxylic acids is 1. The fraction of sp³-hybridized carbons (Fsp3) is 0. The van der Waals surface area contributed by atoms with Crippen LogP contribution < -0.4 is 4.72 Å². The molecular weight excluding hydrogens is 332 g/mol. The van der Waals surface area contributed by atoms with E-state index in [2.05, 4.69) is 9.71 Å². The highest BCUT2D eigenvalue weighted by atomic mass is 32.2. The molecule has 0 radical (unpaired) electrons. The first-order valence-electron chi connectivity index (χ1n) is 6.81. The smallest absolute Gasteiger partial charge is 0.335 e. The van der Waals surface area contributed by atoms with E-state index in [1.54, 1.807) is 30.5 Å². The number of anilines is 1. The van der Waals surface area contributed by atoms with E-state index in [-0.39, 0.29) is 10.5 Å². The third-order valence-corrected chi connectivity index (χ3v) is 4.66. The Morgan fingerprint density at radius 1 is 1.04 bits per heavy atom. The van der Waals surface area contributed by atoms with Crippen LogP contribution in [-0.2, 0) is 10.0 Å². The molecule has 7 nitrogen and oxygen atoms in total. The summed E-state index contributed by atoms with van der Waals surface area (Å²) in [7, 11) is -3.80. The van der Waals surface area contributed by atoms with Gasteiger partial charge in [0.1, 0.15) is 0 Å². The number of hydrogen-bond donors (Lipinski definition) is 2. The number of benzene rings is 2. The van der Waals surface area contributed by atoms with Gasteiger partial charge in [0.2, 0.25) is 0 Å². The number of rotatable bonds is 5. The van der Waals surface area contributed by atoms with Crippen molar-refractivity contribution in [3.8, 4) is 11.3 Å². The molecule has 0 saturated heterocycles. The molecule has 2 N–H and O–H groups in total. The number of oxazole rings is 1. The van der Waals surface area contributed by atoms with Gasteiger partial charge in [0.15, 0.2) is 12.2 Å². The Bertz CT molecular complexity index is 947. The Hall–Kier alpha value is -3.13. The highest BCUT2D eigenvalue weighted by Gasteiger charge is 2.15. The van der Waals surface area contributed by atoms with Crippen LogP contribution in [0, 0.1) is 0 Å². The number of aromatic carboxylic acids is 1. The van der Waals surface area contributed by atoms with Crippen molar-refractivity contribution in [1.82, 2.24) is 4.98 Å². The van der Waals surface area contributed by atoms with E-state index in [9.17, 15) is 13.2 Å². The van der Waals surface area contributed by atoms with E-state index >= 15 is 0 Å². The molecule has 1 aromatic heterocycles. The van der Waals surface area contributed by atoms with Crippen LogP contribution >= 0.6 is 0 Å². The van der Waals surface area contributed by atoms with E-state index in [0.29, 0.717) is 11.4 Å². The second-order valence-electron chi connectivity index (χ2n) is 4.88. The van der Waals surface area contributed by atoms with E-state index in [0.717, 1.165) is 5.56 Å². The van der Waals surface area contributed by atoms with Crippen LogP contribution in [0.2, 0.25) is 0 Å². The number of nitrogens with zero attached hydrogens (tertiary/aromatic N) is 1. The average Bonchev–Trinajstić information content (AvgIpc) is 3.10. The first kappa shape index (κ1) is 15.8. The van der Waals surface area contributed by atoms with Crippen molar-refractivity contribution >= 4 is 21.7 Å². The lowest BCUT2D eigenvalue weighted by Crippen LogP contribution is -2.13. The lowest BCUT2D eigenvalue weighted by molar-refractivity contribution is 0.0696. The van der Waals surface area contributed by atoms with E-state index in [1.165, 1.54) is 30.7 Å². The molecule has 8 heteroatoms. The van der Waals surface area contributed by atoms with Gasteiger partial charge in [-0.05, 0) is 48.5 Å². The molecule has 0 unspecified atom stereocenters. The number of carboxylic acid groups (broad SMARTS) is 1. The van der Waals surface area contributed by atoms with Crippen molar-refractivity contribution in [2.24, 2.45) is 0 Å². The maximum atomic E-state index is 12.3. The summed E-state index contributed by atoms with van der Waals surface area (Å²) in [6, 6.07) is 11.6. The molecule has 0 bridgehead atoms. The minimum absolute atomic E-state index is 0.0189. The quantitative estimate of drug-likeness (QED) is 0.736. The standard InChI is InChI=1S/C16H12N2O5S/c19-16(20)12-3-7-14(8-4-12)24(21,22)18-13-5-1-11(2-6-13)15-9-17-10-23-15/h1-10,18H,(H,19,20). The first-order chi connectivity index (χ1) is 11.5. The SMILES string of the molecule is O=C(O)c1ccc(S(=O)(=O)Nc2ccc(-c3cnco3)cc2)cc1. The molecular formula is C16H12N2O5S. The first-order valence-corrected chi connectivity index (χ1v) is 8.29. The second-order valence-corrected chi connectivity index (χ2v) is 6.56. The molecule has 0 saturated carbocycles. The van der Waals surface area contributed by atoms with Crippen LogP contribution in [0.15, 0.2) is 70.4 Å². The molecule has 0 aliphatic heterocycles. The fourth-order valence-electron chi connectivity index (χ4n) is 2.05. The zero-order chi connectivity index (χ0) is 17.2. The molecule has 0 aliphatic carbocycles. The van der Waals surface area contributed by atoms with Gasteiger partial charge in [0.05, 0.1) is 16.7 Å². The normalized spacial score (nSPS) is 11.2. The molecule has 24 heavy (non-hydrogen) atoms. The van der Waals surface area contributed by atoms with E-state index in [1.807, 2.05) is 0 Å². The van der Waals surface area contributed by atoms with Crippen LogP contribution in [0.1, 0.15) is 10.4 Å². The minimum Gasteiger partial charge on any atom is -0.478 e. The van der Waals surface area contributed by atoms with Gasteiger partial charge >= 0.3 is 5.97 Å². The Labute approximate surface area is 137 Å².